The maximum atomic E-state index is 14.5. The molecule has 0 radical (unpaired) electrons. The third kappa shape index (κ3) is 5.82. The first-order valence-electron chi connectivity index (χ1n) is 11.0. The number of H-pyrrole nitrogens is 1. The highest BCUT2D eigenvalue weighted by molar-refractivity contribution is 6.35. The molecule has 1 fully saturated rings. The predicted molar refractivity (Wildman–Crippen MR) is 121 cm³/mol. The van der Waals surface area contributed by atoms with Crippen LogP contribution >= 0.6 is 11.6 Å². The van der Waals surface area contributed by atoms with Crippen molar-refractivity contribution in [1.82, 2.24) is 19.7 Å². The number of carbonyl (C=O) groups excluding carboxylic acids is 2. The lowest BCUT2D eigenvalue weighted by molar-refractivity contribution is -0.148. The molecule has 3 heterocycles. The van der Waals surface area contributed by atoms with Gasteiger partial charge in [-0.2, -0.15) is 18.3 Å². The summed E-state index contributed by atoms with van der Waals surface area (Å²) >= 11 is 6.03. The van der Waals surface area contributed by atoms with Crippen molar-refractivity contribution in [2.45, 2.75) is 38.4 Å². The number of nitrogens with zero attached hydrogens (tertiary/aromatic N) is 3. The van der Waals surface area contributed by atoms with Gasteiger partial charge < -0.3 is 4.98 Å². The molecule has 0 saturated carbocycles. The summed E-state index contributed by atoms with van der Waals surface area (Å²) in [5.41, 5.74) is 0.981. The number of aryl methyl sites for hydroxylation is 1. The van der Waals surface area contributed by atoms with Crippen LogP contribution in [0.3, 0.4) is 0 Å². The molecule has 0 amide bonds. The van der Waals surface area contributed by atoms with Gasteiger partial charge in [-0.25, -0.2) is 4.39 Å². The molecule has 1 aliphatic rings. The lowest BCUT2D eigenvalue weighted by atomic mass is 10.0. The number of piperidine rings is 1. The number of rotatable bonds is 7. The number of hydrogen-bond acceptors (Lipinski definition) is 4. The minimum Gasteiger partial charge on any atom is -0.358 e. The van der Waals surface area contributed by atoms with Crippen LogP contribution in [0.25, 0.3) is 0 Å². The van der Waals surface area contributed by atoms with E-state index in [0.29, 0.717) is 31.5 Å². The predicted octanol–water partition coefficient (Wildman–Crippen LogP) is 5.17. The van der Waals surface area contributed by atoms with Crippen LogP contribution in [0.15, 0.2) is 36.8 Å². The first-order chi connectivity index (χ1) is 16.5. The van der Waals surface area contributed by atoms with Crippen LogP contribution in [-0.4, -0.2) is 57.0 Å². The van der Waals surface area contributed by atoms with Gasteiger partial charge in [0.05, 0.1) is 35.1 Å². The van der Waals surface area contributed by atoms with Crippen LogP contribution in [0, 0.1) is 12.7 Å². The Labute approximate surface area is 203 Å². The maximum Gasteiger partial charge on any atom is 0.401 e. The Morgan fingerprint density at radius 3 is 2.63 bits per heavy atom. The molecule has 0 bridgehead atoms. The number of likely N-dealkylation sites (tertiary alicyclic amines) is 1. The van der Waals surface area contributed by atoms with Crippen molar-refractivity contribution in [1.29, 1.82) is 0 Å². The molecule has 0 unspecified atom stereocenters. The number of alkyl halides is 3. The van der Waals surface area contributed by atoms with Crippen molar-refractivity contribution in [3.05, 3.63) is 75.6 Å². The highest BCUT2D eigenvalue weighted by atomic mass is 35.5. The van der Waals surface area contributed by atoms with Gasteiger partial charge >= 0.3 is 6.18 Å². The van der Waals surface area contributed by atoms with Crippen molar-refractivity contribution in [3.8, 4) is 0 Å². The molecule has 6 nitrogen and oxygen atoms in total. The molecule has 186 valence electrons. The molecule has 0 aliphatic carbocycles. The number of benzene rings is 1. The van der Waals surface area contributed by atoms with Gasteiger partial charge in [0, 0.05) is 37.5 Å². The first-order valence-corrected chi connectivity index (χ1v) is 11.4. The number of carbonyl (C=O) groups is 2. The minimum absolute atomic E-state index is 0.0103. The molecule has 0 atom stereocenters. The summed E-state index contributed by atoms with van der Waals surface area (Å²) in [5.74, 6) is -1.62. The van der Waals surface area contributed by atoms with Crippen LogP contribution in [0.4, 0.5) is 17.6 Å². The van der Waals surface area contributed by atoms with Gasteiger partial charge in [-0.3, -0.25) is 19.2 Å². The topological polar surface area (TPSA) is 71.0 Å². The van der Waals surface area contributed by atoms with Crippen molar-refractivity contribution in [2.75, 3.05) is 19.6 Å². The standard InChI is InChI=1S/C24H23ClF4N4O2/c1-14-2-3-18(25)21(22(14)26)23(35)16-9-19(30-11-16)20(34)8-15-10-31-33(12-15)17-4-6-32(7-5-17)13-24(27,28)29/h2-3,9-12,17,30H,4-8,13H2,1H3. The summed E-state index contributed by atoms with van der Waals surface area (Å²) in [5, 5.41) is 4.28. The summed E-state index contributed by atoms with van der Waals surface area (Å²) in [6.07, 6.45) is 1.48. The van der Waals surface area contributed by atoms with Crippen LogP contribution in [-0.2, 0) is 6.42 Å². The number of ketones is 2. The van der Waals surface area contributed by atoms with Crippen molar-refractivity contribution < 1.29 is 27.2 Å². The molecular formula is C24H23ClF4N4O2. The highest BCUT2D eigenvalue weighted by Crippen LogP contribution is 2.27. The number of aromatic nitrogens is 3. The van der Waals surface area contributed by atoms with Gasteiger partial charge in [0.15, 0.2) is 11.6 Å². The summed E-state index contributed by atoms with van der Waals surface area (Å²) < 4.78 is 53.9. The summed E-state index contributed by atoms with van der Waals surface area (Å²) in [4.78, 5) is 29.7. The van der Waals surface area contributed by atoms with Gasteiger partial charge in [0.25, 0.3) is 0 Å². The normalized spacial score (nSPS) is 15.5. The molecule has 3 aromatic rings. The summed E-state index contributed by atoms with van der Waals surface area (Å²) in [6, 6.07) is 4.26. The van der Waals surface area contributed by atoms with Gasteiger partial charge in [-0.1, -0.05) is 17.7 Å². The molecular weight excluding hydrogens is 488 g/mol. The number of nitrogens with one attached hydrogen (secondary N) is 1. The number of hydrogen-bond donors (Lipinski definition) is 1. The van der Waals surface area contributed by atoms with Gasteiger partial charge in [-0.15, -0.1) is 0 Å². The zero-order chi connectivity index (χ0) is 25.3. The second kappa shape index (κ2) is 9.94. The molecule has 0 spiro atoms. The van der Waals surface area contributed by atoms with E-state index in [1.807, 2.05) is 0 Å². The summed E-state index contributed by atoms with van der Waals surface area (Å²) in [7, 11) is 0. The van der Waals surface area contributed by atoms with Crippen LogP contribution < -0.4 is 0 Å². The van der Waals surface area contributed by atoms with Gasteiger partial charge in [0.1, 0.15) is 5.82 Å². The Balaban J connectivity index is 1.38. The zero-order valence-corrected chi connectivity index (χ0v) is 19.6. The van der Waals surface area contributed by atoms with E-state index in [0.717, 1.165) is 0 Å². The maximum absolute atomic E-state index is 14.5. The SMILES string of the molecule is Cc1ccc(Cl)c(C(=O)c2c[nH]c(C(=O)Cc3cnn(C4CCN(CC(F)(F)F)CC4)c3)c2)c1F. The van der Waals surface area contributed by atoms with Gasteiger partial charge in [0.2, 0.25) is 0 Å². The van der Waals surface area contributed by atoms with E-state index in [4.69, 9.17) is 11.6 Å². The molecule has 2 aromatic heterocycles. The van der Waals surface area contributed by atoms with Crippen LogP contribution in [0.1, 0.15) is 56.4 Å². The zero-order valence-electron chi connectivity index (χ0n) is 18.8. The fourth-order valence-corrected chi connectivity index (χ4v) is 4.47. The molecule has 4 rings (SSSR count). The Morgan fingerprint density at radius 2 is 1.94 bits per heavy atom. The quantitative estimate of drug-likeness (QED) is 0.352. The fraction of sp³-hybridized carbons (Fsp3) is 0.375. The van der Waals surface area contributed by atoms with E-state index in [-0.39, 0.29) is 45.7 Å². The first kappa shape index (κ1) is 25.1. The van der Waals surface area contributed by atoms with E-state index in [1.54, 1.807) is 17.1 Å². The minimum atomic E-state index is -4.21. The second-order valence-electron chi connectivity index (χ2n) is 8.74. The Hall–Kier alpha value is -2.98. The average molecular weight is 511 g/mol. The molecule has 1 aliphatic heterocycles. The largest absolute Gasteiger partial charge is 0.401 e. The van der Waals surface area contributed by atoms with Crippen molar-refractivity contribution >= 4 is 23.2 Å². The third-order valence-corrected chi connectivity index (χ3v) is 6.43. The molecule has 1 aromatic carbocycles. The van der Waals surface area contributed by atoms with E-state index in [2.05, 4.69) is 10.1 Å². The van der Waals surface area contributed by atoms with Crippen molar-refractivity contribution in [3.63, 3.8) is 0 Å². The highest BCUT2D eigenvalue weighted by Gasteiger charge is 2.33. The second-order valence-corrected chi connectivity index (χ2v) is 9.14. The summed E-state index contributed by atoms with van der Waals surface area (Å²) in [6.45, 7) is 1.26. The van der Waals surface area contributed by atoms with Crippen LogP contribution in [0.5, 0.6) is 0 Å². The Bertz CT molecular complexity index is 1240. The number of halogens is 5. The third-order valence-electron chi connectivity index (χ3n) is 6.11. The molecule has 1 N–H and O–H groups in total. The molecule has 1 saturated heterocycles. The monoisotopic (exact) mass is 510 g/mol. The average Bonchev–Trinajstić information content (AvgIpc) is 3.46. The smallest absolute Gasteiger partial charge is 0.358 e. The Kier molecular flexibility index (Phi) is 7.14. The Morgan fingerprint density at radius 1 is 1.23 bits per heavy atom. The lowest BCUT2D eigenvalue weighted by Crippen LogP contribution is -2.40. The lowest BCUT2D eigenvalue weighted by Gasteiger charge is -2.32. The van der Waals surface area contributed by atoms with E-state index in [1.165, 1.54) is 36.2 Å². The number of aromatic amines is 1. The number of Topliss-reactive ketones (excluding diaryl/α,β-unsaturated/α-hetero) is 1. The van der Waals surface area contributed by atoms with E-state index < -0.39 is 24.3 Å². The molecule has 35 heavy (non-hydrogen) atoms. The van der Waals surface area contributed by atoms with E-state index >= 15 is 0 Å². The van der Waals surface area contributed by atoms with Crippen molar-refractivity contribution in [2.24, 2.45) is 0 Å². The fourth-order valence-electron chi connectivity index (χ4n) is 4.24. The van der Waals surface area contributed by atoms with E-state index in [9.17, 15) is 27.2 Å². The van der Waals surface area contributed by atoms with Crippen LogP contribution in [0.2, 0.25) is 5.02 Å². The van der Waals surface area contributed by atoms with Gasteiger partial charge in [-0.05, 0) is 43.0 Å². The molecule has 11 heteroatoms.